The van der Waals surface area contributed by atoms with Crippen LogP contribution in [0.1, 0.15) is 39.8 Å². The molecule has 2 N–H and O–H groups in total. The predicted octanol–water partition coefficient (Wildman–Crippen LogP) is 3.19. The Labute approximate surface area is 113 Å². The van der Waals surface area contributed by atoms with E-state index in [1.54, 1.807) is 0 Å². The van der Waals surface area contributed by atoms with Crippen LogP contribution in [0.4, 0.5) is 0 Å². The standard InChI is InChI=1S/C16H19NO2/c1-9-10(2)19-11(3)14(9)15(17)13-6-4-5-12-7-8-18-16(12)13/h4-6,15H,7-8,17H2,1-3H3. The van der Waals surface area contributed by atoms with E-state index in [0.29, 0.717) is 0 Å². The lowest BCUT2D eigenvalue weighted by atomic mass is 9.94. The number of para-hydroxylation sites is 1. The Balaban J connectivity index is 2.10. The van der Waals surface area contributed by atoms with Crippen molar-refractivity contribution in [1.82, 2.24) is 0 Å². The first-order chi connectivity index (χ1) is 9.09. The first kappa shape index (κ1) is 12.3. The van der Waals surface area contributed by atoms with Gasteiger partial charge < -0.3 is 14.9 Å². The van der Waals surface area contributed by atoms with Crippen molar-refractivity contribution in [3.05, 3.63) is 52.0 Å². The zero-order valence-electron chi connectivity index (χ0n) is 11.6. The Morgan fingerprint density at radius 1 is 1.16 bits per heavy atom. The number of nitrogens with two attached hydrogens (primary N) is 1. The average molecular weight is 257 g/mol. The minimum atomic E-state index is -0.189. The van der Waals surface area contributed by atoms with Gasteiger partial charge in [0.1, 0.15) is 17.3 Å². The minimum Gasteiger partial charge on any atom is -0.493 e. The lowest BCUT2D eigenvalue weighted by Crippen LogP contribution is -2.14. The molecule has 3 rings (SSSR count). The first-order valence-corrected chi connectivity index (χ1v) is 6.66. The molecule has 1 atom stereocenters. The maximum atomic E-state index is 6.46. The summed E-state index contributed by atoms with van der Waals surface area (Å²) < 4.78 is 11.4. The van der Waals surface area contributed by atoms with Crippen molar-refractivity contribution >= 4 is 0 Å². The Bertz CT molecular complexity index is 628. The molecular formula is C16H19NO2. The zero-order valence-corrected chi connectivity index (χ0v) is 11.6. The third kappa shape index (κ3) is 1.85. The van der Waals surface area contributed by atoms with Gasteiger partial charge in [0.2, 0.25) is 0 Å². The summed E-state index contributed by atoms with van der Waals surface area (Å²) in [6.07, 6.45) is 0.971. The van der Waals surface area contributed by atoms with E-state index >= 15 is 0 Å². The number of fused-ring (bicyclic) bond motifs is 1. The number of ether oxygens (including phenoxy) is 1. The molecule has 1 unspecified atom stereocenters. The van der Waals surface area contributed by atoms with E-state index in [2.05, 4.69) is 25.1 Å². The van der Waals surface area contributed by atoms with E-state index in [-0.39, 0.29) is 6.04 Å². The molecule has 0 radical (unpaired) electrons. The van der Waals surface area contributed by atoms with Gasteiger partial charge >= 0.3 is 0 Å². The number of benzene rings is 1. The third-order valence-electron chi connectivity index (χ3n) is 4.01. The molecule has 0 saturated carbocycles. The molecule has 0 spiro atoms. The van der Waals surface area contributed by atoms with E-state index in [1.165, 1.54) is 5.56 Å². The lowest BCUT2D eigenvalue weighted by molar-refractivity contribution is 0.352. The van der Waals surface area contributed by atoms with Gasteiger partial charge in [-0.1, -0.05) is 18.2 Å². The smallest absolute Gasteiger partial charge is 0.127 e. The van der Waals surface area contributed by atoms with Crippen molar-refractivity contribution in [2.24, 2.45) is 5.73 Å². The van der Waals surface area contributed by atoms with Gasteiger partial charge in [-0.3, -0.25) is 0 Å². The SMILES string of the molecule is Cc1oc(C)c(C(N)c2cccc3c2OCC3)c1C. The zero-order chi connectivity index (χ0) is 13.6. The summed E-state index contributed by atoms with van der Waals surface area (Å²) in [7, 11) is 0. The molecule has 1 aliphatic rings. The number of rotatable bonds is 2. The van der Waals surface area contributed by atoms with Crippen molar-refractivity contribution in [1.29, 1.82) is 0 Å². The fraction of sp³-hybridized carbons (Fsp3) is 0.375. The van der Waals surface area contributed by atoms with Crippen molar-refractivity contribution < 1.29 is 9.15 Å². The predicted molar refractivity (Wildman–Crippen MR) is 74.6 cm³/mol. The third-order valence-corrected chi connectivity index (χ3v) is 4.01. The molecule has 3 nitrogen and oxygen atoms in total. The largest absolute Gasteiger partial charge is 0.493 e. The molecular weight excluding hydrogens is 238 g/mol. The molecule has 0 amide bonds. The second-order valence-electron chi connectivity index (χ2n) is 5.16. The fourth-order valence-electron chi connectivity index (χ4n) is 2.91. The summed E-state index contributed by atoms with van der Waals surface area (Å²) >= 11 is 0. The summed E-state index contributed by atoms with van der Waals surface area (Å²) in [6.45, 7) is 6.76. The molecule has 19 heavy (non-hydrogen) atoms. The first-order valence-electron chi connectivity index (χ1n) is 6.66. The van der Waals surface area contributed by atoms with Crippen LogP contribution < -0.4 is 10.5 Å². The van der Waals surface area contributed by atoms with Crippen molar-refractivity contribution in [3.8, 4) is 5.75 Å². The Kier molecular flexibility index (Phi) is 2.86. The molecule has 0 fully saturated rings. The van der Waals surface area contributed by atoms with Crippen LogP contribution in [0.15, 0.2) is 22.6 Å². The summed E-state index contributed by atoms with van der Waals surface area (Å²) in [5, 5.41) is 0. The van der Waals surface area contributed by atoms with Crippen molar-refractivity contribution in [3.63, 3.8) is 0 Å². The number of aryl methyl sites for hydroxylation is 2. The van der Waals surface area contributed by atoms with Crippen LogP contribution in [0, 0.1) is 20.8 Å². The number of furan rings is 1. The molecule has 0 bridgehead atoms. The van der Waals surface area contributed by atoms with Gasteiger partial charge in [-0.15, -0.1) is 0 Å². The fourth-order valence-corrected chi connectivity index (χ4v) is 2.91. The summed E-state index contributed by atoms with van der Waals surface area (Å²) in [5.74, 6) is 2.81. The molecule has 1 aliphatic heterocycles. The molecule has 100 valence electrons. The Morgan fingerprint density at radius 3 is 2.63 bits per heavy atom. The van der Waals surface area contributed by atoms with Crippen LogP contribution in [-0.4, -0.2) is 6.61 Å². The van der Waals surface area contributed by atoms with Gasteiger partial charge in [0.05, 0.1) is 12.6 Å². The van der Waals surface area contributed by atoms with Crippen molar-refractivity contribution in [2.75, 3.05) is 6.61 Å². The van der Waals surface area contributed by atoms with Crippen LogP contribution in [-0.2, 0) is 6.42 Å². The van der Waals surface area contributed by atoms with E-state index in [1.807, 2.05) is 13.8 Å². The minimum absolute atomic E-state index is 0.189. The highest BCUT2D eigenvalue weighted by atomic mass is 16.5. The van der Waals surface area contributed by atoms with Crippen LogP contribution >= 0.6 is 0 Å². The van der Waals surface area contributed by atoms with Gasteiger partial charge in [0.25, 0.3) is 0 Å². The van der Waals surface area contributed by atoms with E-state index < -0.39 is 0 Å². The highest BCUT2D eigenvalue weighted by molar-refractivity contribution is 5.50. The van der Waals surface area contributed by atoms with E-state index in [0.717, 1.165) is 47.0 Å². The number of hydrogen-bond donors (Lipinski definition) is 1. The van der Waals surface area contributed by atoms with Gasteiger partial charge in [0, 0.05) is 17.5 Å². The highest BCUT2D eigenvalue weighted by Gasteiger charge is 2.25. The van der Waals surface area contributed by atoms with Gasteiger partial charge in [-0.2, -0.15) is 0 Å². The maximum absolute atomic E-state index is 6.46. The van der Waals surface area contributed by atoms with E-state index in [4.69, 9.17) is 14.9 Å². The molecule has 0 saturated heterocycles. The lowest BCUT2D eigenvalue weighted by Gasteiger charge is -2.16. The maximum Gasteiger partial charge on any atom is 0.127 e. The Hall–Kier alpha value is -1.74. The van der Waals surface area contributed by atoms with Crippen LogP contribution in [0.3, 0.4) is 0 Å². The summed E-state index contributed by atoms with van der Waals surface area (Å²) in [4.78, 5) is 0. The quantitative estimate of drug-likeness (QED) is 0.898. The average Bonchev–Trinajstić information content (AvgIpc) is 2.94. The van der Waals surface area contributed by atoms with Gasteiger partial charge in [-0.25, -0.2) is 0 Å². The topological polar surface area (TPSA) is 48.4 Å². The molecule has 2 aromatic rings. The molecule has 0 aliphatic carbocycles. The monoisotopic (exact) mass is 257 g/mol. The number of hydrogen-bond acceptors (Lipinski definition) is 3. The Morgan fingerprint density at radius 2 is 1.95 bits per heavy atom. The second kappa shape index (κ2) is 4.42. The summed E-state index contributed by atoms with van der Waals surface area (Å²) in [5.41, 5.74) is 11.0. The highest BCUT2D eigenvalue weighted by Crippen LogP contribution is 2.37. The second-order valence-corrected chi connectivity index (χ2v) is 5.16. The van der Waals surface area contributed by atoms with Gasteiger partial charge in [-0.05, 0) is 31.9 Å². The molecule has 1 aromatic carbocycles. The van der Waals surface area contributed by atoms with Crippen LogP contribution in [0.2, 0.25) is 0 Å². The molecule has 3 heteroatoms. The molecule has 1 aromatic heterocycles. The summed E-state index contributed by atoms with van der Waals surface area (Å²) in [6, 6.07) is 6.03. The van der Waals surface area contributed by atoms with Crippen LogP contribution in [0.25, 0.3) is 0 Å². The normalized spacial score (nSPS) is 15.2. The van der Waals surface area contributed by atoms with Gasteiger partial charge in [0.15, 0.2) is 0 Å². The van der Waals surface area contributed by atoms with E-state index in [9.17, 15) is 0 Å². The molecule has 2 heterocycles. The van der Waals surface area contributed by atoms with Crippen LogP contribution in [0.5, 0.6) is 5.75 Å². The van der Waals surface area contributed by atoms with Crippen molar-refractivity contribution in [2.45, 2.75) is 33.2 Å².